The lowest BCUT2D eigenvalue weighted by Gasteiger charge is -1.71. The molecular weight excluding hydrogens is 146 g/mol. The van der Waals surface area contributed by atoms with Gasteiger partial charge in [-0.25, -0.2) is 4.98 Å². The molecule has 0 atom stereocenters. The molecule has 2 aromatic rings. The zero-order valence-electron chi connectivity index (χ0n) is 4.98. The SMILES string of the molecule is N#Cc1cn2cncc2s1. The first-order chi connectivity index (χ1) is 4.90. The second kappa shape index (κ2) is 1.82. The summed E-state index contributed by atoms with van der Waals surface area (Å²) in [6, 6.07) is 2.07. The smallest absolute Gasteiger partial charge is 0.123 e. The highest BCUT2D eigenvalue weighted by atomic mass is 32.1. The van der Waals surface area contributed by atoms with Crippen molar-refractivity contribution in [2.75, 3.05) is 0 Å². The van der Waals surface area contributed by atoms with Gasteiger partial charge in [0.15, 0.2) is 0 Å². The average molecular weight is 149 g/mol. The van der Waals surface area contributed by atoms with Gasteiger partial charge in [0.2, 0.25) is 0 Å². The molecule has 10 heavy (non-hydrogen) atoms. The molecule has 0 saturated carbocycles. The first-order valence-electron chi connectivity index (χ1n) is 2.72. The largest absolute Gasteiger partial charge is 0.296 e. The molecule has 2 heterocycles. The van der Waals surface area contributed by atoms with Crippen molar-refractivity contribution in [3.8, 4) is 6.07 Å². The first-order valence-corrected chi connectivity index (χ1v) is 3.53. The van der Waals surface area contributed by atoms with E-state index in [0.29, 0.717) is 0 Å². The van der Waals surface area contributed by atoms with Gasteiger partial charge in [0.05, 0.1) is 12.5 Å². The lowest BCUT2D eigenvalue weighted by molar-refractivity contribution is 1.17. The number of fused-ring (bicyclic) bond motifs is 1. The maximum Gasteiger partial charge on any atom is 0.123 e. The zero-order valence-corrected chi connectivity index (χ0v) is 5.80. The predicted octanol–water partition coefficient (Wildman–Crippen LogP) is 1.27. The minimum atomic E-state index is 0.720. The maximum absolute atomic E-state index is 8.48. The van der Waals surface area contributed by atoms with Gasteiger partial charge in [-0.1, -0.05) is 0 Å². The summed E-state index contributed by atoms with van der Waals surface area (Å²) in [5, 5.41) is 8.48. The summed E-state index contributed by atoms with van der Waals surface area (Å²) in [5.41, 5.74) is 0. The number of nitrogens with zero attached hydrogens (tertiary/aromatic N) is 3. The van der Waals surface area contributed by atoms with Gasteiger partial charge in [-0.05, 0) is 0 Å². The van der Waals surface area contributed by atoms with Crippen molar-refractivity contribution in [2.45, 2.75) is 0 Å². The molecule has 0 fully saturated rings. The molecule has 0 radical (unpaired) electrons. The molecule has 0 amide bonds. The Morgan fingerprint density at radius 1 is 1.70 bits per heavy atom. The summed E-state index contributed by atoms with van der Waals surface area (Å²) < 4.78 is 1.84. The van der Waals surface area contributed by atoms with Crippen molar-refractivity contribution in [3.05, 3.63) is 23.6 Å². The van der Waals surface area contributed by atoms with Crippen LogP contribution in [0.5, 0.6) is 0 Å². The van der Waals surface area contributed by atoms with Gasteiger partial charge < -0.3 is 0 Å². The first kappa shape index (κ1) is 5.45. The second-order valence-electron chi connectivity index (χ2n) is 1.85. The van der Waals surface area contributed by atoms with Crippen LogP contribution < -0.4 is 0 Å². The van der Waals surface area contributed by atoms with Gasteiger partial charge in [-0.2, -0.15) is 5.26 Å². The minimum absolute atomic E-state index is 0.720. The van der Waals surface area contributed by atoms with Crippen LogP contribution in [0.15, 0.2) is 18.7 Å². The Morgan fingerprint density at radius 3 is 3.30 bits per heavy atom. The van der Waals surface area contributed by atoms with E-state index in [9.17, 15) is 0 Å². The molecule has 0 saturated heterocycles. The van der Waals surface area contributed by atoms with Gasteiger partial charge >= 0.3 is 0 Å². The highest BCUT2D eigenvalue weighted by Gasteiger charge is 1.98. The molecule has 4 heteroatoms. The molecule has 0 N–H and O–H groups in total. The Labute approximate surface area is 61.2 Å². The van der Waals surface area contributed by atoms with Crippen LogP contribution in [0.1, 0.15) is 4.88 Å². The highest BCUT2D eigenvalue weighted by Crippen LogP contribution is 2.15. The van der Waals surface area contributed by atoms with Crippen molar-refractivity contribution in [2.24, 2.45) is 0 Å². The molecule has 2 aromatic heterocycles. The molecular formula is C6H3N3S. The van der Waals surface area contributed by atoms with Crippen molar-refractivity contribution < 1.29 is 0 Å². The predicted molar refractivity (Wildman–Crippen MR) is 37.8 cm³/mol. The molecule has 0 spiro atoms. The van der Waals surface area contributed by atoms with Crippen molar-refractivity contribution in [1.29, 1.82) is 5.26 Å². The molecule has 3 nitrogen and oxygen atoms in total. The molecule has 0 aliphatic heterocycles. The molecule has 0 aromatic carbocycles. The Hall–Kier alpha value is -1.34. The summed E-state index contributed by atoms with van der Waals surface area (Å²) in [7, 11) is 0. The number of hydrogen-bond donors (Lipinski definition) is 0. The van der Waals surface area contributed by atoms with Crippen molar-refractivity contribution in [3.63, 3.8) is 0 Å². The Bertz CT molecular complexity index is 364. The number of aromatic nitrogens is 2. The van der Waals surface area contributed by atoms with Crippen LogP contribution in [-0.4, -0.2) is 9.38 Å². The molecule has 48 valence electrons. The van der Waals surface area contributed by atoms with Crippen LogP contribution in [0.25, 0.3) is 4.83 Å². The van der Waals surface area contributed by atoms with E-state index in [1.165, 1.54) is 11.3 Å². The quantitative estimate of drug-likeness (QED) is 0.566. The van der Waals surface area contributed by atoms with Crippen LogP contribution >= 0.6 is 11.3 Å². The summed E-state index contributed by atoms with van der Waals surface area (Å²) >= 11 is 1.44. The number of thiazole rings is 1. The summed E-state index contributed by atoms with van der Waals surface area (Å²) in [4.78, 5) is 5.63. The summed E-state index contributed by atoms with van der Waals surface area (Å²) in [5.74, 6) is 0. The number of imidazole rings is 1. The molecule has 2 rings (SSSR count). The minimum Gasteiger partial charge on any atom is -0.296 e. The third-order valence-corrected chi connectivity index (χ3v) is 2.15. The van der Waals surface area contributed by atoms with Crippen molar-refractivity contribution in [1.82, 2.24) is 9.38 Å². The standard InChI is InChI=1S/C6H3N3S/c7-1-5-3-9-4-8-2-6(9)10-5/h2-4H. The highest BCUT2D eigenvalue weighted by molar-refractivity contribution is 7.17. The van der Waals surface area contributed by atoms with E-state index in [2.05, 4.69) is 11.1 Å². The zero-order chi connectivity index (χ0) is 6.97. The van der Waals surface area contributed by atoms with Gasteiger partial charge in [-0.15, -0.1) is 11.3 Å². The lowest BCUT2D eigenvalue weighted by Crippen LogP contribution is -1.68. The second-order valence-corrected chi connectivity index (χ2v) is 2.91. The fourth-order valence-corrected chi connectivity index (χ4v) is 1.54. The van der Waals surface area contributed by atoms with Crippen LogP contribution in [0, 0.1) is 11.3 Å². The third-order valence-electron chi connectivity index (χ3n) is 1.21. The number of nitriles is 1. The average Bonchev–Trinajstić information content (AvgIpc) is 2.42. The van der Waals surface area contributed by atoms with Crippen LogP contribution in [0.3, 0.4) is 0 Å². The monoisotopic (exact) mass is 149 g/mol. The van der Waals surface area contributed by atoms with Crippen LogP contribution in [0.2, 0.25) is 0 Å². The van der Waals surface area contributed by atoms with E-state index in [0.717, 1.165) is 9.71 Å². The Kier molecular flexibility index (Phi) is 0.992. The van der Waals surface area contributed by atoms with E-state index in [1.54, 1.807) is 18.7 Å². The molecule has 0 bridgehead atoms. The number of hydrogen-bond acceptors (Lipinski definition) is 3. The van der Waals surface area contributed by atoms with Gasteiger partial charge in [-0.3, -0.25) is 4.40 Å². The fraction of sp³-hybridized carbons (Fsp3) is 0. The molecule has 0 aliphatic carbocycles. The molecule has 0 unspecified atom stereocenters. The fourth-order valence-electron chi connectivity index (χ4n) is 0.786. The lowest BCUT2D eigenvalue weighted by atomic mass is 10.6. The van der Waals surface area contributed by atoms with Gasteiger partial charge in [0.25, 0.3) is 0 Å². The van der Waals surface area contributed by atoms with Gasteiger partial charge in [0, 0.05) is 6.20 Å². The maximum atomic E-state index is 8.48. The van der Waals surface area contributed by atoms with E-state index in [4.69, 9.17) is 5.26 Å². The normalized spacial score (nSPS) is 9.90. The van der Waals surface area contributed by atoms with E-state index in [1.807, 2.05) is 4.40 Å². The van der Waals surface area contributed by atoms with Gasteiger partial charge in [0.1, 0.15) is 15.8 Å². The summed E-state index contributed by atoms with van der Waals surface area (Å²) in [6.07, 6.45) is 5.20. The Balaban J connectivity index is 2.81. The van der Waals surface area contributed by atoms with E-state index < -0.39 is 0 Å². The number of rotatable bonds is 0. The topological polar surface area (TPSA) is 41.1 Å². The van der Waals surface area contributed by atoms with Crippen molar-refractivity contribution >= 4 is 16.2 Å². The van der Waals surface area contributed by atoms with E-state index >= 15 is 0 Å². The van der Waals surface area contributed by atoms with Crippen LogP contribution in [0.4, 0.5) is 0 Å². The molecule has 0 aliphatic rings. The summed E-state index contributed by atoms with van der Waals surface area (Å²) in [6.45, 7) is 0. The third kappa shape index (κ3) is 0.613. The Morgan fingerprint density at radius 2 is 2.60 bits per heavy atom. The van der Waals surface area contributed by atoms with E-state index in [-0.39, 0.29) is 0 Å². The van der Waals surface area contributed by atoms with Crippen LogP contribution in [-0.2, 0) is 0 Å².